The Bertz CT molecular complexity index is 158. The van der Waals surface area contributed by atoms with Crippen molar-refractivity contribution in [2.45, 2.75) is 19.8 Å². The molecule has 0 spiro atoms. The monoisotopic (exact) mass is 186 g/mol. The van der Waals surface area contributed by atoms with Crippen molar-refractivity contribution in [3.8, 4) is 0 Å². The van der Waals surface area contributed by atoms with Gasteiger partial charge in [-0.05, 0) is 6.42 Å². The van der Waals surface area contributed by atoms with Gasteiger partial charge in [0.15, 0.2) is 0 Å². The van der Waals surface area contributed by atoms with Crippen LogP contribution in [0.5, 0.6) is 0 Å². The van der Waals surface area contributed by atoms with Gasteiger partial charge in [0.1, 0.15) is 0 Å². The minimum Gasteiger partial charge on any atom is -0.450 e. The van der Waals surface area contributed by atoms with Crippen LogP contribution in [-0.2, 0) is 4.74 Å². The smallest absolute Gasteiger partial charge is 0.407 e. The van der Waals surface area contributed by atoms with E-state index in [1.165, 1.54) is 0 Å². The fourth-order valence-electron chi connectivity index (χ4n) is 0.682. The molecule has 13 heavy (non-hydrogen) atoms. The molecule has 0 aromatic carbocycles. The maximum absolute atomic E-state index is 10.9. The normalized spacial score (nSPS) is 10.3. The predicted molar refractivity (Wildman–Crippen MR) is 52.5 cm³/mol. The van der Waals surface area contributed by atoms with Gasteiger partial charge in [-0.3, -0.25) is 0 Å². The van der Waals surface area contributed by atoms with Crippen molar-refractivity contribution in [3.63, 3.8) is 0 Å². The lowest BCUT2D eigenvalue weighted by Crippen LogP contribution is -2.24. The molecule has 0 rings (SSSR count). The zero-order chi connectivity index (χ0) is 9.94. The number of hydrogen-bond donors (Lipinski definition) is 2. The average molecular weight is 186 g/mol. The Balaban J connectivity index is 3.25. The number of nitrogens with two attached hydrogens (primary N) is 1. The Morgan fingerprint density at radius 1 is 1.54 bits per heavy atom. The molecular weight excluding hydrogens is 168 g/mol. The fraction of sp³-hybridized carbons (Fsp3) is 0.667. The summed E-state index contributed by atoms with van der Waals surface area (Å²) >= 11 is 0. The number of amides is 1. The summed E-state index contributed by atoms with van der Waals surface area (Å²) in [5.74, 6) is 0. The van der Waals surface area contributed by atoms with Crippen molar-refractivity contribution in [2.75, 3.05) is 19.7 Å². The van der Waals surface area contributed by atoms with Crippen LogP contribution < -0.4 is 11.1 Å². The third-order valence-electron chi connectivity index (χ3n) is 1.40. The summed E-state index contributed by atoms with van der Waals surface area (Å²) in [5.41, 5.74) is 5.21. The molecule has 0 heterocycles. The summed E-state index contributed by atoms with van der Waals surface area (Å²) in [6.45, 7) is 3.50. The van der Waals surface area contributed by atoms with E-state index in [0.717, 1.165) is 12.8 Å². The maximum atomic E-state index is 10.9. The van der Waals surface area contributed by atoms with Gasteiger partial charge in [0.25, 0.3) is 0 Å². The molecule has 0 fully saturated rings. The molecule has 0 aromatic rings. The molecule has 4 nitrogen and oxygen atoms in total. The van der Waals surface area contributed by atoms with Gasteiger partial charge in [-0.2, -0.15) is 0 Å². The van der Waals surface area contributed by atoms with Crippen molar-refractivity contribution < 1.29 is 9.53 Å². The zero-order valence-corrected chi connectivity index (χ0v) is 8.08. The highest BCUT2D eigenvalue weighted by Crippen LogP contribution is 1.87. The summed E-state index contributed by atoms with van der Waals surface area (Å²) in [5, 5.41) is 2.57. The lowest BCUT2D eigenvalue weighted by atomic mass is 10.4. The molecule has 0 unspecified atom stereocenters. The molecule has 0 aromatic heterocycles. The van der Waals surface area contributed by atoms with Gasteiger partial charge in [-0.15, -0.1) is 0 Å². The molecule has 0 bridgehead atoms. The van der Waals surface area contributed by atoms with Crippen LogP contribution >= 0.6 is 0 Å². The highest BCUT2D eigenvalue weighted by atomic mass is 16.5. The molecule has 0 aliphatic carbocycles. The van der Waals surface area contributed by atoms with Crippen LogP contribution in [0.25, 0.3) is 0 Å². The van der Waals surface area contributed by atoms with E-state index in [0.29, 0.717) is 19.7 Å². The van der Waals surface area contributed by atoms with E-state index in [1.807, 2.05) is 6.92 Å². The minimum atomic E-state index is -0.366. The van der Waals surface area contributed by atoms with Crippen LogP contribution in [0.2, 0.25) is 0 Å². The molecule has 0 saturated heterocycles. The molecule has 0 radical (unpaired) electrons. The second-order valence-corrected chi connectivity index (χ2v) is 2.58. The van der Waals surface area contributed by atoms with Crippen molar-refractivity contribution in [1.29, 1.82) is 0 Å². The molecule has 3 N–H and O–H groups in total. The van der Waals surface area contributed by atoms with Crippen LogP contribution in [0.15, 0.2) is 12.2 Å². The average Bonchev–Trinajstić information content (AvgIpc) is 2.13. The van der Waals surface area contributed by atoms with Gasteiger partial charge < -0.3 is 15.8 Å². The van der Waals surface area contributed by atoms with Gasteiger partial charge in [0.2, 0.25) is 0 Å². The second kappa shape index (κ2) is 9.06. The highest BCUT2D eigenvalue weighted by molar-refractivity contribution is 5.67. The Morgan fingerprint density at radius 3 is 2.92 bits per heavy atom. The maximum Gasteiger partial charge on any atom is 0.407 e. The summed E-state index contributed by atoms with van der Waals surface area (Å²) < 4.78 is 4.85. The highest BCUT2D eigenvalue weighted by Gasteiger charge is 1.96. The SMILES string of the molecule is CCCCOC(=O)NCC=CCN. The van der Waals surface area contributed by atoms with Crippen LogP contribution in [0.1, 0.15) is 19.8 Å². The molecule has 0 saturated carbocycles. The Hall–Kier alpha value is -1.03. The number of alkyl carbamates (subject to hydrolysis) is 1. The van der Waals surface area contributed by atoms with E-state index < -0.39 is 0 Å². The molecule has 0 atom stereocenters. The molecule has 0 aliphatic rings. The first-order valence-electron chi connectivity index (χ1n) is 4.57. The number of carbonyl (C=O) groups excluding carboxylic acids is 1. The summed E-state index contributed by atoms with van der Waals surface area (Å²) in [4.78, 5) is 10.9. The molecule has 1 amide bonds. The van der Waals surface area contributed by atoms with Gasteiger partial charge >= 0.3 is 6.09 Å². The zero-order valence-electron chi connectivity index (χ0n) is 8.08. The molecule has 0 aliphatic heterocycles. The standard InChI is InChI=1S/C9H18N2O2/c1-2-3-8-13-9(12)11-7-5-4-6-10/h4-5H,2-3,6-8,10H2,1H3,(H,11,12). The number of unbranched alkanes of at least 4 members (excludes halogenated alkanes) is 1. The lowest BCUT2D eigenvalue weighted by Gasteiger charge is -2.03. The Kier molecular flexibility index (Phi) is 8.34. The fourth-order valence-corrected chi connectivity index (χ4v) is 0.682. The van der Waals surface area contributed by atoms with Crippen molar-refractivity contribution >= 4 is 6.09 Å². The predicted octanol–water partition coefficient (Wildman–Crippen LogP) is 1.03. The van der Waals surface area contributed by atoms with Crippen LogP contribution in [0.4, 0.5) is 4.79 Å². The Labute approximate surface area is 79.1 Å². The van der Waals surface area contributed by atoms with Crippen molar-refractivity contribution in [1.82, 2.24) is 5.32 Å². The largest absolute Gasteiger partial charge is 0.450 e. The van der Waals surface area contributed by atoms with Crippen LogP contribution in [0.3, 0.4) is 0 Å². The molecule has 76 valence electrons. The quantitative estimate of drug-likeness (QED) is 0.481. The van der Waals surface area contributed by atoms with E-state index in [9.17, 15) is 4.79 Å². The summed E-state index contributed by atoms with van der Waals surface area (Å²) in [7, 11) is 0. The van der Waals surface area contributed by atoms with Gasteiger partial charge in [0.05, 0.1) is 6.61 Å². The third kappa shape index (κ3) is 8.88. The van der Waals surface area contributed by atoms with Crippen LogP contribution in [-0.4, -0.2) is 25.8 Å². The van der Waals surface area contributed by atoms with E-state index in [1.54, 1.807) is 12.2 Å². The lowest BCUT2D eigenvalue weighted by molar-refractivity contribution is 0.145. The number of rotatable bonds is 6. The van der Waals surface area contributed by atoms with Crippen molar-refractivity contribution in [3.05, 3.63) is 12.2 Å². The number of ether oxygens (including phenoxy) is 1. The molecule has 4 heteroatoms. The second-order valence-electron chi connectivity index (χ2n) is 2.58. The number of nitrogens with one attached hydrogen (secondary N) is 1. The number of carbonyl (C=O) groups is 1. The summed E-state index contributed by atoms with van der Waals surface area (Å²) in [6.07, 6.45) is 5.15. The Morgan fingerprint density at radius 2 is 2.31 bits per heavy atom. The number of hydrogen-bond acceptors (Lipinski definition) is 3. The van der Waals surface area contributed by atoms with Gasteiger partial charge in [0, 0.05) is 13.1 Å². The first-order chi connectivity index (χ1) is 6.31. The minimum absolute atomic E-state index is 0.366. The molecular formula is C9H18N2O2. The topological polar surface area (TPSA) is 64.3 Å². The van der Waals surface area contributed by atoms with E-state index in [-0.39, 0.29) is 6.09 Å². The summed E-state index contributed by atoms with van der Waals surface area (Å²) in [6, 6.07) is 0. The van der Waals surface area contributed by atoms with E-state index in [4.69, 9.17) is 10.5 Å². The first-order valence-corrected chi connectivity index (χ1v) is 4.57. The van der Waals surface area contributed by atoms with Gasteiger partial charge in [-0.1, -0.05) is 25.5 Å². The van der Waals surface area contributed by atoms with Gasteiger partial charge in [-0.25, -0.2) is 4.79 Å². The first kappa shape index (κ1) is 12.0. The van der Waals surface area contributed by atoms with Crippen LogP contribution in [0, 0.1) is 0 Å². The van der Waals surface area contributed by atoms with Crippen molar-refractivity contribution in [2.24, 2.45) is 5.73 Å². The van der Waals surface area contributed by atoms with E-state index in [2.05, 4.69) is 5.32 Å². The third-order valence-corrected chi connectivity index (χ3v) is 1.40. The van der Waals surface area contributed by atoms with E-state index >= 15 is 0 Å².